The number of hydrogen-bond acceptors (Lipinski definition) is 5. The molecule has 2 saturated heterocycles. The quantitative estimate of drug-likeness (QED) is 0.464. The number of rotatable bonds is 4. The number of likely N-dealkylation sites (tertiary alicyclic amines) is 1. The summed E-state index contributed by atoms with van der Waals surface area (Å²) in [6, 6.07) is 0.758. The fourth-order valence-electron chi connectivity index (χ4n) is 6.47. The van der Waals surface area contributed by atoms with E-state index in [9.17, 15) is 24.9 Å². The van der Waals surface area contributed by atoms with Crippen LogP contribution >= 0.6 is 15.9 Å². The van der Waals surface area contributed by atoms with Gasteiger partial charge in [-0.2, -0.15) is 0 Å². The minimum absolute atomic E-state index is 0.000856. The summed E-state index contributed by atoms with van der Waals surface area (Å²) in [6.45, 7) is 12.9. The Balaban J connectivity index is 2.30. The number of amides is 1. The van der Waals surface area contributed by atoms with Gasteiger partial charge in [0, 0.05) is 30.5 Å². The van der Waals surface area contributed by atoms with Crippen molar-refractivity contribution in [3.8, 4) is 0 Å². The van der Waals surface area contributed by atoms with Crippen molar-refractivity contribution in [1.82, 2.24) is 9.88 Å². The van der Waals surface area contributed by atoms with Crippen LogP contribution in [0.15, 0.2) is 10.7 Å². The molecule has 2 aliphatic heterocycles. The van der Waals surface area contributed by atoms with Crippen molar-refractivity contribution in [3.63, 3.8) is 0 Å². The summed E-state index contributed by atoms with van der Waals surface area (Å²) < 4.78 is 21.3. The van der Waals surface area contributed by atoms with Crippen molar-refractivity contribution >= 4 is 28.0 Å². The highest BCUT2D eigenvalue weighted by molar-refractivity contribution is 9.10. The molecule has 10 heteroatoms. The van der Waals surface area contributed by atoms with E-state index in [-0.39, 0.29) is 42.0 Å². The van der Waals surface area contributed by atoms with Gasteiger partial charge in [0.25, 0.3) is 0 Å². The zero-order valence-corrected chi connectivity index (χ0v) is 22.9. The van der Waals surface area contributed by atoms with Crippen LogP contribution in [0, 0.1) is 33.9 Å². The average Bonchev–Trinajstić information content (AvgIpc) is 2.66. The molecule has 0 aliphatic carbocycles. The lowest BCUT2D eigenvalue weighted by atomic mass is 9.48. The molecule has 2 fully saturated rings. The summed E-state index contributed by atoms with van der Waals surface area (Å²) >= 11 is 3.30. The zero-order valence-electron chi connectivity index (χ0n) is 21.4. The minimum Gasteiger partial charge on any atom is -0.481 e. The number of carbonyl (C=O) groups is 2. The number of ether oxygens (including phenoxy) is 1. The first-order valence-electron chi connectivity index (χ1n) is 11.7. The van der Waals surface area contributed by atoms with Gasteiger partial charge >= 0.3 is 12.1 Å². The molecule has 3 rings (SSSR count). The third kappa shape index (κ3) is 4.69. The summed E-state index contributed by atoms with van der Waals surface area (Å²) in [7, 11) is 0. The number of hydrogen-bond donors (Lipinski definition) is 3. The molecule has 0 saturated carbocycles. The second kappa shape index (κ2) is 8.95. The molecule has 3 N–H and O–H groups in total. The first-order chi connectivity index (χ1) is 15.9. The van der Waals surface area contributed by atoms with E-state index in [0.717, 1.165) is 0 Å². The molecule has 3 heterocycles. The van der Waals surface area contributed by atoms with E-state index < -0.39 is 57.6 Å². The number of aromatic nitrogens is 1. The number of piperidine rings is 1. The van der Waals surface area contributed by atoms with Crippen LogP contribution in [-0.4, -0.2) is 63.1 Å². The zero-order chi connectivity index (χ0) is 26.7. The van der Waals surface area contributed by atoms with Crippen molar-refractivity contribution in [2.45, 2.75) is 66.5 Å². The standard InChI is InChI=1S/C25H36BrFN2O6/c1-13-19(23(5,6)7)25(20(30)31,16(22(2,3)4)10-29(13)21(32)33)9-15-18(27)14(8-17(26)28-15)24(34)11-35-12-24/h8,13,16,19,34H,9-12H2,1-7H3,(H,30,31)(H,32,33)/t13-,16?,19?,25-/m1/s1. The van der Waals surface area contributed by atoms with Crippen molar-refractivity contribution < 1.29 is 34.0 Å². The minimum atomic E-state index is -1.54. The largest absolute Gasteiger partial charge is 0.481 e. The monoisotopic (exact) mass is 558 g/mol. The molecule has 1 amide bonds. The predicted octanol–water partition coefficient (Wildman–Crippen LogP) is 4.52. The smallest absolute Gasteiger partial charge is 0.407 e. The number of halogens is 2. The lowest BCUT2D eigenvalue weighted by molar-refractivity contribution is -0.187. The fourth-order valence-corrected chi connectivity index (χ4v) is 6.91. The Morgan fingerprint density at radius 3 is 2.17 bits per heavy atom. The Kier molecular flexibility index (Phi) is 7.11. The Bertz CT molecular complexity index is 1020. The molecule has 4 atom stereocenters. The van der Waals surface area contributed by atoms with Gasteiger partial charge in [0.15, 0.2) is 5.82 Å². The molecule has 0 radical (unpaired) electrons. The van der Waals surface area contributed by atoms with Crippen LogP contribution in [0.4, 0.5) is 9.18 Å². The Morgan fingerprint density at radius 1 is 1.20 bits per heavy atom. The van der Waals surface area contributed by atoms with Gasteiger partial charge in [0.05, 0.1) is 24.3 Å². The number of carboxylic acid groups (broad SMARTS) is 2. The molecule has 0 spiro atoms. The molecule has 196 valence electrons. The van der Waals surface area contributed by atoms with Gasteiger partial charge in [-0.05, 0) is 45.7 Å². The summed E-state index contributed by atoms with van der Waals surface area (Å²) in [5.41, 5.74) is -4.37. The molecule has 1 aromatic rings. The van der Waals surface area contributed by atoms with Crippen LogP contribution in [-0.2, 0) is 21.6 Å². The highest BCUT2D eigenvalue weighted by Crippen LogP contribution is 2.58. The molecule has 35 heavy (non-hydrogen) atoms. The molecule has 0 aromatic carbocycles. The van der Waals surface area contributed by atoms with Crippen molar-refractivity contribution in [1.29, 1.82) is 0 Å². The third-order valence-electron chi connectivity index (χ3n) is 7.79. The SMILES string of the molecule is C[C@@H]1C(C(C)(C)C)[C@](Cc2nc(Br)cc(C3(O)COC3)c2F)(C(=O)O)C(C(C)(C)C)CN1C(=O)O. The molecule has 2 unspecified atom stereocenters. The maximum absolute atomic E-state index is 15.9. The molecule has 2 aliphatic rings. The van der Waals surface area contributed by atoms with Crippen molar-refractivity contribution in [3.05, 3.63) is 27.7 Å². The normalized spacial score (nSPS) is 29.0. The molecule has 0 bridgehead atoms. The predicted molar refractivity (Wildman–Crippen MR) is 130 cm³/mol. The molecule has 1 aromatic heterocycles. The summed E-state index contributed by atoms with van der Waals surface area (Å²) in [4.78, 5) is 31.2. The molecule has 8 nitrogen and oxygen atoms in total. The van der Waals surface area contributed by atoms with Gasteiger partial charge in [0.2, 0.25) is 0 Å². The van der Waals surface area contributed by atoms with E-state index in [2.05, 4.69) is 20.9 Å². The highest BCUT2D eigenvalue weighted by atomic mass is 79.9. The maximum Gasteiger partial charge on any atom is 0.407 e. The number of carboxylic acids is 1. The average molecular weight is 559 g/mol. The van der Waals surface area contributed by atoms with E-state index in [1.807, 2.05) is 41.5 Å². The number of aliphatic hydroxyl groups is 1. The fraction of sp³-hybridized carbons (Fsp3) is 0.720. The molecular formula is C25H36BrFN2O6. The van der Waals surface area contributed by atoms with E-state index in [4.69, 9.17) is 4.74 Å². The van der Waals surface area contributed by atoms with Gasteiger partial charge in [-0.3, -0.25) is 4.79 Å². The lowest BCUT2D eigenvalue weighted by Crippen LogP contribution is -2.68. The van der Waals surface area contributed by atoms with Crippen molar-refractivity contribution in [2.24, 2.45) is 28.1 Å². The topological polar surface area (TPSA) is 120 Å². The van der Waals surface area contributed by atoms with Crippen LogP contribution < -0.4 is 0 Å². The van der Waals surface area contributed by atoms with E-state index in [1.54, 1.807) is 6.92 Å². The van der Waals surface area contributed by atoms with Gasteiger partial charge in [0.1, 0.15) is 10.2 Å². The van der Waals surface area contributed by atoms with Gasteiger partial charge in [-0.1, -0.05) is 41.5 Å². The van der Waals surface area contributed by atoms with Crippen LogP contribution in [0.25, 0.3) is 0 Å². The number of nitrogens with zero attached hydrogens (tertiary/aromatic N) is 2. The van der Waals surface area contributed by atoms with E-state index in [1.165, 1.54) is 11.0 Å². The second-order valence-corrected chi connectivity index (χ2v) is 13.1. The van der Waals surface area contributed by atoms with Crippen LogP contribution in [0.2, 0.25) is 0 Å². The summed E-state index contributed by atoms with van der Waals surface area (Å²) in [6.07, 6.45) is -1.36. The summed E-state index contributed by atoms with van der Waals surface area (Å²) in [5, 5.41) is 31.7. The first kappa shape index (κ1) is 27.8. The highest BCUT2D eigenvalue weighted by Gasteiger charge is 2.64. The Labute approximate surface area is 214 Å². The number of pyridine rings is 1. The number of aliphatic carboxylic acids is 1. The lowest BCUT2D eigenvalue weighted by Gasteiger charge is -2.60. The third-order valence-corrected chi connectivity index (χ3v) is 8.20. The van der Waals surface area contributed by atoms with Crippen LogP contribution in [0.5, 0.6) is 0 Å². The van der Waals surface area contributed by atoms with E-state index in [0.29, 0.717) is 0 Å². The first-order valence-corrected chi connectivity index (χ1v) is 12.5. The van der Waals surface area contributed by atoms with Gasteiger partial charge < -0.3 is 25.0 Å². The molecular weight excluding hydrogens is 523 g/mol. The summed E-state index contributed by atoms with van der Waals surface area (Å²) in [5.74, 6) is -3.18. The maximum atomic E-state index is 15.9. The van der Waals surface area contributed by atoms with Crippen molar-refractivity contribution in [2.75, 3.05) is 19.8 Å². The van der Waals surface area contributed by atoms with Gasteiger partial charge in [-0.25, -0.2) is 14.2 Å². The Hall–Kier alpha value is -1.78. The second-order valence-electron chi connectivity index (χ2n) is 12.2. The van der Waals surface area contributed by atoms with E-state index >= 15 is 4.39 Å². The Morgan fingerprint density at radius 2 is 1.77 bits per heavy atom. The van der Waals surface area contributed by atoms with Crippen LogP contribution in [0.1, 0.15) is 59.7 Å². The van der Waals surface area contributed by atoms with Gasteiger partial charge in [-0.15, -0.1) is 0 Å². The van der Waals surface area contributed by atoms with Crippen LogP contribution in [0.3, 0.4) is 0 Å².